The van der Waals surface area contributed by atoms with Crippen LogP contribution in [0.4, 0.5) is 0 Å². The van der Waals surface area contributed by atoms with E-state index in [1.165, 1.54) is 0 Å². The monoisotopic (exact) mass is 311 g/mol. The van der Waals surface area contributed by atoms with Gasteiger partial charge in [0.05, 0.1) is 11.4 Å². The summed E-state index contributed by atoms with van der Waals surface area (Å²) < 4.78 is 7.34. The van der Waals surface area contributed by atoms with Gasteiger partial charge < -0.3 is 9.30 Å². The van der Waals surface area contributed by atoms with Gasteiger partial charge in [-0.3, -0.25) is 9.59 Å². The van der Waals surface area contributed by atoms with E-state index in [2.05, 4.69) is 6.92 Å². The van der Waals surface area contributed by atoms with Gasteiger partial charge in [-0.15, -0.1) is 0 Å². The molecule has 120 valence electrons. The summed E-state index contributed by atoms with van der Waals surface area (Å²) in [6.45, 7) is 6.72. The Morgan fingerprint density at radius 3 is 2.52 bits per heavy atom. The Balaban J connectivity index is 2.07. The average molecular weight is 311 g/mol. The summed E-state index contributed by atoms with van der Waals surface area (Å²) in [6, 6.07) is 9.28. The summed E-state index contributed by atoms with van der Waals surface area (Å²) in [5, 5.41) is 0. The molecule has 1 aliphatic rings. The second kappa shape index (κ2) is 6.03. The first-order chi connectivity index (χ1) is 11.1. The maximum absolute atomic E-state index is 12.9. The number of carbonyl (C=O) groups excluding carboxylic acids is 2. The fourth-order valence-electron chi connectivity index (χ4n) is 3.14. The van der Waals surface area contributed by atoms with Crippen molar-refractivity contribution < 1.29 is 14.3 Å². The highest BCUT2D eigenvalue weighted by Crippen LogP contribution is 2.40. The molecule has 1 aromatic carbocycles. The molecule has 0 radical (unpaired) electrons. The molecule has 23 heavy (non-hydrogen) atoms. The summed E-state index contributed by atoms with van der Waals surface area (Å²) in [6.07, 6.45) is 1.57. The van der Waals surface area contributed by atoms with E-state index < -0.39 is 0 Å². The van der Waals surface area contributed by atoms with Gasteiger partial charge in [0.1, 0.15) is 5.92 Å². The summed E-state index contributed by atoms with van der Waals surface area (Å²) in [5.41, 5.74) is 3.23. The van der Waals surface area contributed by atoms with Crippen molar-refractivity contribution in [1.82, 2.24) is 4.57 Å². The topological polar surface area (TPSA) is 48.3 Å². The smallest absolute Gasteiger partial charge is 0.320 e. The summed E-state index contributed by atoms with van der Waals surface area (Å²) >= 11 is 0. The summed E-state index contributed by atoms with van der Waals surface area (Å²) in [7, 11) is 0. The number of aromatic nitrogens is 1. The SMILES string of the molecule is CCCn1c(C(=O)c2ccc(C)cc2)cc2c1C(CC)C(=O)O2. The molecule has 1 unspecified atom stereocenters. The molecule has 1 aromatic heterocycles. The zero-order chi connectivity index (χ0) is 16.6. The third kappa shape index (κ3) is 2.58. The third-order valence-electron chi connectivity index (χ3n) is 4.33. The van der Waals surface area contributed by atoms with E-state index >= 15 is 0 Å². The Labute approximate surface area is 136 Å². The van der Waals surface area contributed by atoms with Crippen LogP contribution in [0.15, 0.2) is 30.3 Å². The van der Waals surface area contributed by atoms with Gasteiger partial charge in [0.15, 0.2) is 5.75 Å². The van der Waals surface area contributed by atoms with Crippen LogP contribution in [0, 0.1) is 6.92 Å². The summed E-state index contributed by atoms with van der Waals surface area (Å²) in [4.78, 5) is 24.8. The molecular weight excluding hydrogens is 290 g/mol. The minimum atomic E-state index is -0.267. The molecule has 0 N–H and O–H groups in total. The van der Waals surface area contributed by atoms with Crippen molar-refractivity contribution >= 4 is 11.8 Å². The number of carbonyl (C=O) groups is 2. The number of esters is 1. The van der Waals surface area contributed by atoms with Crippen LogP contribution in [0.3, 0.4) is 0 Å². The van der Waals surface area contributed by atoms with Crippen molar-refractivity contribution in [3.63, 3.8) is 0 Å². The molecule has 0 bridgehead atoms. The van der Waals surface area contributed by atoms with Gasteiger partial charge in [0, 0.05) is 18.2 Å². The van der Waals surface area contributed by atoms with Crippen molar-refractivity contribution in [2.24, 2.45) is 0 Å². The second-order valence-electron chi connectivity index (χ2n) is 6.01. The molecular formula is C19H21NO3. The minimum Gasteiger partial charge on any atom is -0.424 e. The second-order valence-corrected chi connectivity index (χ2v) is 6.01. The van der Waals surface area contributed by atoms with Crippen LogP contribution in [-0.4, -0.2) is 16.3 Å². The highest BCUT2D eigenvalue weighted by atomic mass is 16.5. The first kappa shape index (κ1) is 15.5. The zero-order valence-corrected chi connectivity index (χ0v) is 13.8. The Kier molecular flexibility index (Phi) is 4.07. The zero-order valence-electron chi connectivity index (χ0n) is 13.8. The van der Waals surface area contributed by atoms with Crippen molar-refractivity contribution in [3.05, 3.63) is 52.8 Å². The van der Waals surface area contributed by atoms with Crippen molar-refractivity contribution in [2.45, 2.75) is 46.1 Å². The van der Waals surface area contributed by atoms with Gasteiger partial charge in [-0.25, -0.2) is 0 Å². The first-order valence-corrected chi connectivity index (χ1v) is 8.13. The van der Waals surface area contributed by atoms with Crippen LogP contribution < -0.4 is 4.74 Å². The molecule has 0 aliphatic carbocycles. The molecule has 0 saturated carbocycles. The number of nitrogens with zero attached hydrogens (tertiary/aromatic N) is 1. The van der Waals surface area contributed by atoms with E-state index in [0.717, 1.165) is 17.7 Å². The lowest BCUT2D eigenvalue weighted by Crippen LogP contribution is -2.17. The molecule has 2 aromatic rings. The number of ether oxygens (including phenoxy) is 1. The van der Waals surface area contributed by atoms with E-state index in [0.29, 0.717) is 30.0 Å². The van der Waals surface area contributed by atoms with Crippen LogP contribution in [0.1, 0.15) is 59.9 Å². The number of hydrogen-bond acceptors (Lipinski definition) is 3. The van der Waals surface area contributed by atoms with E-state index in [1.54, 1.807) is 6.07 Å². The largest absolute Gasteiger partial charge is 0.424 e. The lowest BCUT2D eigenvalue weighted by atomic mass is 10.0. The summed E-state index contributed by atoms with van der Waals surface area (Å²) in [5.74, 6) is 0.0392. The van der Waals surface area contributed by atoms with Crippen LogP contribution >= 0.6 is 0 Å². The van der Waals surface area contributed by atoms with Gasteiger partial charge in [-0.1, -0.05) is 43.7 Å². The molecule has 3 rings (SSSR count). The maximum Gasteiger partial charge on any atom is 0.320 e. The van der Waals surface area contributed by atoms with E-state index in [1.807, 2.05) is 42.7 Å². The minimum absolute atomic E-state index is 0.0289. The Hall–Kier alpha value is -2.36. The fourth-order valence-corrected chi connectivity index (χ4v) is 3.14. The normalized spacial score (nSPS) is 16.3. The van der Waals surface area contributed by atoms with E-state index in [4.69, 9.17) is 4.74 Å². The number of fused-ring (bicyclic) bond motifs is 1. The van der Waals surface area contributed by atoms with Gasteiger partial charge in [0.25, 0.3) is 0 Å². The highest BCUT2D eigenvalue weighted by molar-refractivity contribution is 6.09. The number of ketones is 1. The first-order valence-electron chi connectivity index (χ1n) is 8.13. The van der Waals surface area contributed by atoms with Crippen LogP contribution in [0.25, 0.3) is 0 Å². The molecule has 2 heterocycles. The maximum atomic E-state index is 12.9. The number of rotatable bonds is 5. The Bertz CT molecular complexity index is 756. The van der Waals surface area contributed by atoms with Crippen LogP contribution in [0.5, 0.6) is 5.75 Å². The molecule has 0 saturated heterocycles. The van der Waals surface area contributed by atoms with Gasteiger partial charge in [0.2, 0.25) is 5.78 Å². The number of hydrogen-bond donors (Lipinski definition) is 0. The Morgan fingerprint density at radius 1 is 1.22 bits per heavy atom. The highest BCUT2D eigenvalue weighted by Gasteiger charge is 2.37. The van der Waals surface area contributed by atoms with Crippen molar-refractivity contribution in [3.8, 4) is 5.75 Å². The third-order valence-corrected chi connectivity index (χ3v) is 4.33. The van der Waals surface area contributed by atoms with Crippen molar-refractivity contribution in [2.75, 3.05) is 0 Å². The molecule has 4 nitrogen and oxygen atoms in total. The predicted octanol–water partition coefficient (Wildman–Crippen LogP) is 3.85. The lowest BCUT2D eigenvalue weighted by molar-refractivity contribution is -0.134. The molecule has 0 fully saturated rings. The molecule has 1 aliphatic heterocycles. The standard InChI is InChI=1S/C19H21NO3/c1-4-10-20-15(18(21)13-8-6-12(3)7-9-13)11-16-17(20)14(5-2)19(22)23-16/h6-9,11,14H,4-5,10H2,1-3H3. The average Bonchev–Trinajstić information content (AvgIpc) is 3.03. The molecule has 1 atom stereocenters. The Morgan fingerprint density at radius 2 is 1.91 bits per heavy atom. The molecule has 0 spiro atoms. The number of benzene rings is 1. The fraction of sp³-hybridized carbons (Fsp3) is 0.368. The van der Waals surface area contributed by atoms with Gasteiger partial charge in [-0.2, -0.15) is 0 Å². The van der Waals surface area contributed by atoms with Crippen LogP contribution in [-0.2, 0) is 11.3 Å². The number of aryl methyl sites for hydroxylation is 1. The van der Waals surface area contributed by atoms with Crippen LogP contribution in [0.2, 0.25) is 0 Å². The quantitative estimate of drug-likeness (QED) is 0.622. The lowest BCUT2D eigenvalue weighted by Gasteiger charge is -2.13. The predicted molar refractivity (Wildman–Crippen MR) is 88.0 cm³/mol. The van der Waals surface area contributed by atoms with Gasteiger partial charge >= 0.3 is 5.97 Å². The van der Waals surface area contributed by atoms with E-state index in [-0.39, 0.29) is 17.7 Å². The molecule has 4 heteroatoms. The van der Waals surface area contributed by atoms with Gasteiger partial charge in [-0.05, 0) is 19.8 Å². The molecule has 0 amide bonds. The van der Waals surface area contributed by atoms with Crippen molar-refractivity contribution in [1.29, 1.82) is 0 Å². The van der Waals surface area contributed by atoms with E-state index in [9.17, 15) is 9.59 Å².